The summed E-state index contributed by atoms with van der Waals surface area (Å²) >= 11 is 0.484. The van der Waals surface area contributed by atoms with Gasteiger partial charge in [0.2, 0.25) is 0 Å². The Bertz CT molecular complexity index is 348. The summed E-state index contributed by atoms with van der Waals surface area (Å²) in [5.41, 5.74) is 0. The Hall–Kier alpha value is -1.32. The molecule has 0 atom stereocenters. The van der Waals surface area contributed by atoms with Gasteiger partial charge in [0.05, 0.1) is 6.20 Å². The summed E-state index contributed by atoms with van der Waals surface area (Å²) in [5, 5.41) is 4.21. The third kappa shape index (κ3) is 2.37. The van der Waals surface area contributed by atoms with Crippen LogP contribution in [0.5, 0.6) is 0 Å². The van der Waals surface area contributed by atoms with E-state index in [4.69, 9.17) is 0 Å². The second kappa shape index (κ2) is 3.68. The highest BCUT2D eigenvalue weighted by molar-refractivity contribution is 7.10. The molecule has 15 heavy (non-hydrogen) atoms. The van der Waals surface area contributed by atoms with Crippen molar-refractivity contribution in [3.63, 3.8) is 0 Å². The van der Waals surface area contributed by atoms with Gasteiger partial charge in [0.15, 0.2) is 0 Å². The molecule has 10 heteroatoms. The lowest BCUT2D eigenvalue weighted by Gasteiger charge is -2.17. The van der Waals surface area contributed by atoms with Crippen LogP contribution < -0.4 is 5.32 Å². The molecule has 4 nitrogen and oxygen atoms in total. The fourth-order valence-electron chi connectivity index (χ4n) is 0.541. The summed E-state index contributed by atoms with van der Waals surface area (Å²) in [6.07, 6.45) is -5.07. The first-order chi connectivity index (χ1) is 6.75. The predicted octanol–water partition coefficient (Wildman–Crippen LogP) is 1.67. The predicted molar refractivity (Wildman–Crippen MR) is 39.5 cm³/mol. The van der Waals surface area contributed by atoms with Crippen LogP contribution in [-0.2, 0) is 4.79 Å². The number of nitrogens with zero attached hydrogens (tertiary/aromatic N) is 2. The number of aromatic nitrogens is 2. The van der Waals surface area contributed by atoms with Crippen molar-refractivity contribution in [3.05, 3.63) is 6.20 Å². The first kappa shape index (κ1) is 11.8. The molecule has 1 rings (SSSR count). The zero-order valence-corrected chi connectivity index (χ0v) is 7.49. The Balaban J connectivity index is 2.77. The van der Waals surface area contributed by atoms with E-state index < -0.39 is 18.0 Å². The molecule has 0 bridgehead atoms. The minimum Gasteiger partial charge on any atom is -0.309 e. The van der Waals surface area contributed by atoms with E-state index in [0.717, 1.165) is 6.20 Å². The Labute approximate surface area is 83.3 Å². The van der Waals surface area contributed by atoms with E-state index in [-0.39, 0.29) is 5.00 Å². The molecule has 0 radical (unpaired) electrons. The molecule has 0 aromatic carbocycles. The molecule has 0 aliphatic carbocycles. The third-order valence-electron chi connectivity index (χ3n) is 1.24. The number of anilines is 1. The van der Waals surface area contributed by atoms with Crippen molar-refractivity contribution in [2.24, 2.45) is 0 Å². The molecule has 0 aliphatic rings. The number of carbonyl (C=O) groups excluding carboxylic acids is 1. The number of halogens is 5. The van der Waals surface area contributed by atoms with Gasteiger partial charge in [0.1, 0.15) is 5.00 Å². The number of hydrogen-bond donors (Lipinski definition) is 1. The molecular formula is C5H2F5N3OS. The van der Waals surface area contributed by atoms with Gasteiger partial charge in [0, 0.05) is 11.5 Å². The Kier molecular flexibility index (Phi) is 2.88. The summed E-state index contributed by atoms with van der Waals surface area (Å²) < 4.78 is 62.9. The van der Waals surface area contributed by atoms with E-state index in [2.05, 4.69) is 9.59 Å². The topological polar surface area (TPSA) is 54.9 Å². The van der Waals surface area contributed by atoms with Gasteiger partial charge in [-0.05, 0) is 0 Å². The van der Waals surface area contributed by atoms with Gasteiger partial charge >= 0.3 is 18.0 Å². The van der Waals surface area contributed by atoms with E-state index in [9.17, 15) is 26.7 Å². The quantitative estimate of drug-likeness (QED) is 0.809. The highest BCUT2D eigenvalue weighted by atomic mass is 32.1. The zero-order chi connectivity index (χ0) is 11.7. The van der Waals surface area contributed by atoms with E-state index in [0.29, 0.717) is 11.5 Å². The molecule has 1 heterocycles. The van der Waals surface area contributed by atoms with Crippen LogP contribution in [0.1, 0.15) is 0 Å². The third-order valence-corrected chi connectivity index (χ3v) is 1.82. The van der Waals surface area contributed by atoms with Crippen LogP contribution in [0.4, 0.5) is 27.0 Å². The summed E-state index contributed by atoms with van der Waals surface area (Å²) in [4.78, 5) is 10.5. The number of hydrogen-bond acceptors (Lipinski definition) is 4. The largest absolute Gasteiger partial charge is 0.463 e. The average molecular weight is 247 g/mol. The summed E-state index contributed by atoms with van der Waals surface area (Å²) in [6.45, 7) is 0. The molecule has 0 saturated heterocycles. The van der Waals surface area contributed by atoms with Crippen LogP contribution in [0.25, 0.3) is 0 Å². The van der Waals surface area contributed by atoms with Gasteiger partial charge in [0.25, 0.3) is 0 Å². The summed E-state index contributed by atoms with van der Waals surface area (Å²) in [5.74, 6) is -7.89. The van der Waals surface area contributed by atoms with Crippen LogP contribution in [-0.4, -0.2) is 27.6 Å². The van der Waals surface area contributed by atoms with Crippen molar-refractivity contribution in [2.45, 2.75) is 12.1 Å². The maximum atomic E-state index is 12.3. The molecule has 0 aliphatic heterocycles. The van der Waals surface area contributed by atoms with Gasteiger partial charge in [-0.25, -0.2) is 0 Å². The lowest BCUT2D eigenvalue weighted by atomic mass is 10.3. The van der Waals surface area contributed by atoms with Gasteiger partial charge in [-0.1, -0.05) is 4.49 Å². The highest BCUT2D eigenvalue weighted by Gasteiger charge is 2.63. The van der Waals surface area contributed by atoms with Crippen LogP contribution in [0.15, 0.2) is 6.20 Å². The van der Waals surface area contributed by atoms with E-state index in [1.165, 1.54) is 5.32 Å². The van der Waals surface area contributed by atoms with Gasteiger partial charge in [-0.3, -0.25) is 4.79 Å². The molecule has 84 valence electrons. The SMILES string of the molecule is O=C(Nc1cnns1)C(F)(F)C(F)(F)F. The molecule has 1 N–H and O–H groups in total. The fraction of sp³-hybridized carbons (Fsp3) is 0.400. The molecule has 1 amide bonds. The number of amides is 1. The van der Waals surface area contributed by atoms with Crippen LogP contribution >= 0.6 is 11.5 Å². The van der Waals surface area contributed by atoms with Gasteiger partial charge in [-0.15, -0.1) is 5.10 Å². The second-order valence-electron chi connectivity index (χ2n) is 2.31. The fourth-order valence-corrected chi connectivity index (χ4v) is 0.956. The maximum absolute atomic E-state index is 12.3. The number of carbonyl (C=O) groups is 1. The molecule has 0 fully saturated rings. The minimum absolute atomic E-state index is 0.288. The van der Waals surface area contributed by atoms with Crippen molar-refractivity contribution in [1.82, 2.24) is 9.59 Å². The monoisotopic (exact) mass is 247 g/mol. The Morgan fingerprint density at radius 2 is 1.93 bits per heavy atom. The molecular weight excluding hydrogens is 245 g/mol. The lowest BCUT2D eigenvalue weighted by Crippen LogP contribution is -2.47. The molecule has 0 spiro atoms. The smallest absolute Gasteiger partial charge is 0.309 e. The normalized spacial score (nSPS) is 12.6. The van der Waals surface area contributed by atoms with Crippen LogP contribution in [0.2, 0.25) is 0 Å². The van der Waals surface area contributed by atoms with Crippen molar-refractivity contribution < 1.29 is 26.7 Å². The highest BCUT2D eigenvalue weighted by Crippen LogP contribution is 2.36. The van der Waals surface area contributed by atoms with Gasteiger partial charge in [-0.2, -0.15) is 22.0 Å². The van der Waals surface area contributed by atoms with E-state index in [1.54, 1.807) is 0 Å². The maximum Gasteiger partial charge on any atom is 0.463 e. The summed E-state index contributed by atoms with van der Waals surface area (Å²) in [6, 6.07) is 0. The standard InChI is InChI=1S/C5H2F5N3OS/c6-4(7,5(8,9)10)3(14)12-2-1-11-13-15-2/h1H,(H,12,14). The average Bonchev–Trinajstić information content (AvgIpc) is 2.54. The van der Waals surface area contributed by atoms with Crippen molar-refractivity contribution >= 4 is 22.4 Å². The lowest BCUT2D eigenvalue weighted by molar-refractivity contribution is -0.267. The van der Waals surface area contributed by atoms with Gasteiger partial charge < -0.3 is 5.32 Å². The van der Waals surface area contributed by atoms with Crippen molar-refractivity contribution in [2.75, 3.05) is 5.32 Å². The van der Waals surface area contributed by atoms with Crippen LogP contribution in [0, 0.1) is 0 Å². The first-order valence-electron chi connectivity index (χ1n) is 3.28. The second-order valence-corrected chi connectivity index (χ2v) is 3.09. The number of nitrogens with one attached hydrogen (secondary N) is 1. The minimum atomic E-state index is -5.92. The number of rotatable bonds is 2. The molecule has 1 aromatic heterocycles. The van der Waals surface area contributed by atoms with E-state index >= 15 is 0 Å². The first-order valence-corrected chi connectivity index (χ1v) is 4.06. The van der Waals surface area contributed by atoms with Crippen molar-refractivity contribution in [1.29, 1.82) is 0 Å². The molecule has 0 saturated carbocycles. The zero-order valence-electron chi connectivity index (χ0n) is 6.68. The number of alkyl halides is 5. The molecule has 0 unspecified atom stereocenters. The van der Waals surface area contributed by atoms with Crippen LogP contribution in [0.3, 0.4) is 0 Å². The van der Waals surface area contributed by atoms with E-state index in [1.807, 2.05) is 0 Å². The Morgan fingerprint density at radius 3 is 2.33 bits per heavy atom. The summed E-state index contributed by atoms with van der Waals surface area (Å²) in [7, 11) is 0. The molecule has 1 aromatic rings. The van der Waals surface area contributed by atoms with Crippen molar-refractivity contribution in [3.8, 4) is 0 Å². The Morgan fingerprint density at radius 1 is 1.33 bits per heavy atom.